The molecule has 1 aromatic carbocycles. The molecule has 4 aliphatic rings. The number of carbonyl (C=O) groups is 4. The molecule has 3 fully saturated rings. The van der Waals surface area contributed by atoms with Gasteiger partial charge in [0.1, 0.15) is 35.1 Å². The maximum atomic E-state index is 14.9. The van der Waals surface area contributed by atoms with Crippen molar-refractivity contribution in [1.82, 2.24) is 25.2 Å². The van der Waals surface area contributed by atoms with Gasteiger partial charge in [-0.15, -0.1) is 0 Å². The monoisotopic (exact) mass is 863 g/mol. The Hall–Kier alpha value is -4.61. The van der Waals surface area contributed by atoms with E-state index in [9.17, 15) is 40.8 Å². The van der Waals surface area contributed by atoms with Gasteiger partial charge in [-0.2, -0.15) is 4.98 Å². The van der Waals surface area contributed by atoms with Gasteiger partial charge < -0.3 is 29.7 Å². The lowest BCUT2D eigenvalue weighted by Gasteiger charge is -2.35. The largest absolute Gasteiger partial charge is 0.475 e. The van der Waals surface area contributed by atoms with E-state index in [1.807, 2.05) is 43.7 Å². The fourth-order valence-electron chi connectivity index (χ4n) is 7.92. The van der Waals surface area contributed by atoms with Gasteiger partial charge in [-0.3, -0.25) is 19.1 Å². The topological polar surface area (TPSA) is 182 Å². The average molecular weight is 864 g/mol. The number of rotatable bonds is 11. The third kappa shape index (κ3) is 9.32. The predicted octanol–water partition coefficient (Wildman–Crippen LogP) is 5.73. The summed E-state index contributed by atoms with van der Waals surface area (Å²) in [6.45, 7) is 8.72. The van der Waals surface area contributed by atoms with Gasteiger partial charge in [0.25, 0.3) is 11.8 Å². The highest BCUT2D eigenvalue weighted by atomic mass is 32.2. The summed E-state index contributed by atoms with van der Waals surface area (Å²) in [5.74, 6) is -6.75. The number of alkyl halides is 3. The fourth-order valence-corrected chi connectivity index (χ4v) is 9.35. The molecule has 0 radical (unpaired) electrons. The number of carbonyl (C=O) groups excluding carboxylic acids is 4. The van der Waals surface area contributed by atoms with Crippen LogP contribution in [0.2, 0.25) is 0 Å². The number of ether oxygens (including phenoxy) is 3. The number of pyridine rings is 1. The molecule has 0 bridgehead atoms. The second-order valence-electron chi connectivity index (χ2n) is 17.9. The van der Waals surface area contributed by atoms with E-state index in [1.54, 1.807) is 31.2 Å². The van der Waals surface area contributed by atoms with Crippen LogP contribution in [0.1, 0.15) is 93.4 Å². The molecule has 6 rings (SSSR count). The average Bonchev–Trinajstić information content (AvgIpc) is 4.05. The molecule has 1 saturated heterocycles. The molecule has 1 aromatic heterocycles. The van der Waals surface area contributed by atoms with Gasteiger partial charge in [0.2, 0.25) is 33.6 Å². The Kier molecular flexibility index (Phi) is 12.5. The van der Waals surface area contributed by atoms with Gasteiger partial charge in [0.15, 0.2) is 5.60 Å². The predicted molar refractivity (Wildman–Crippen MR) is 215 cm³/mol. The number of nitrogens with zero attached hydrogens (tertiary/aromatic N) is 2. The summed E-state index contributed by atoms with van der Waals surface area (Å²) in [4.78, 5) is 62.6. The Labute approximate surface area is 348 Å². The Bertz CT molecular complexity index is 2130. The quantitative estimate of drug-likeness (QED) is 0.236. The zero-order valence-corrected chi connectivity index (χ0v) is 35.9. The molecule has 7 atom stereocenters. The van der Waals surface area contributed by atoms with Crippen LogP contribution >= 0.6 is 0 Å². The summed E-state index contributed by atoms with van der Waals surface area (Å²) in [5.41, 5.74) is -3.98. The number of sulfonamides is 1. The molecule has 2 aliphatic heterocycles. The highest BCUT2D eigenvalue weighted by Crippen LogP contribution is 2.48. The minimum absolute atomic E-state index is 0.0166. The molecule has 14 nitrogen and oxygen atoms in total. The van der Waals surface area contributed by atoms with Gasteiger partial charge in [-0.1, -0.05) is 44.2 Å². The SMILES string of the molecule is CC(C)Oc1cc2ccccc2c(O[C@@H]2C[C@H]3C(=O)N[C@]4(C(=O)NS(=O)(=O)C5(CF)CC5)C[C@H]4C=CCC[C@H](C)C[C@@H](C)[C@H](NC(=O)OC(C)(C)C(C)(F)F)C(=O)N3C2)n1. The first-order valence-corrected chi connectivity index (χ1v) is 22.0. The van der Waals surface area contributed by atoms with Crippen LogP contribution in [0.3, 0.4) is 0 Å². The summed E-state index contributed by atoms with van der Waals surface area (Å²) in [6.07, 6.45) is 2.81. The molecule has 0 unspecified atom stereocenters. The lowest BCUT2D eigenvalue weighted by Crippen LogP contribution is -2.60. The van der Waals surface area contributed by atoms with Crippen molar-refractivity contribution in [3.8, 4) is 11.8 Å². The van der Waals surface area contributed by atoms with Crippen LogP contribution in [0.5, 0.6) is 11.8 Å². The highest BCUT2D eigenvalue weighted by molar-refractivity contribution is 7.91. The van der Waals surface area contributed by atoms with E-state index in [0.717, 1.165) is 19.2 Å². The smallest absolute Gasteiger partial charge is 0.408 e. The summed E-state index contributed by atoms with van der Waals surface area (Å²) in [7, 11) is -4.45. The van der Waals surface area contributed by atoms with Gasteiger partial charge in [-0.05, 0) is 89.5 Å². The van der Waals surface area contributed by atoms with Gasteiger partial charge in [0, 0.05) is 30.7 Å². The Morgan fingerprint density at radius 1 is 1.10 bits per heavy atom. The number of amides is 4. The lowest BCUT2D eigenvalue weighted by atomic mass is 9.88. The Morgan fingerprint density at radius 3 is 2.45 bits per heavy atom. The molecule has 60 heavy (non-hydrogen) atoms. The number of nitrogens with one attached hydrogen (secondary N) is 3. The third-order valence-corrected chi connectivity index (χ3v) is 14.4. The van der Waals surface area contributed by atoms with Crippen LogP contribution in [0.4, 0.5) is 18.0 Å². The number of hydrogen-bond donors (Lipinski definition) is 3. The molecule has 3 N–H and O–H groups in total. The van der Waals surface area contributed by atoms with Crippen LogP contribution in [0.15, 0.2) is 42.5 Å². The summed E-state index contributed by atoms with van der Waals surface area (Å²) < 4.78 is 87.1. The summed E-state index contributed by atoms with van der Waals surface area (Å²) in [5, 5.41) is 6.68. The summed E-state index contributed by atoms with van der Waals surface area (Å²) in [6, 6.07) is 6.35. The first kappa shape index (κ1) is 44.9. The van der Waals surface area contributed by atoms with E-state index in [-0.39, 0.29) is 56.0 Å². The Balaban J connectivity index is 1.37. The zero-order chi connectivity index (χ0) is 44.0. The van der Waals surface area contributed by atoms with Crippen molar-refractivity contribution in [3.63, 3.8) is 0 Å². The van der Waals surface area contributed by atoms with Crippen molar-refractivity contribution in [2.75, 3.05) is 13.2 Å². The van der Waals surface area contributed by atoms with Crippen molar-refractivity contribution in [3.05, 3.63) is 42.5 Å². The molecule has 2 saturated carbocycles. The van der Waals surface area contributed by atoms with Gasteiger partial charge in [-0.25, -0.2) is 26.4 Å². The maximum Gasteiger partial charge on any atom is 0.408 e. The van der Waals surface area contributed by atoms with Crippen molar-refractivity contribution < 1.29 is 55.0 Å². The molecule has 18 heteroatoms. The number of hydrogen-bond acceptors (Lipinski definition) is 10. The first-order valence-electron chi connectivity index (χ1n) is 20.5. The fraction of sp³-hybridized carbons (Fsp3) is 0.643. The van der Waals surface area contributed by atoms with Crippen molar-refractivity contribution in [1.29, 1.82) is 0 Å². The third-order valence-electron chi connectivity index (χ3n) is 12.3. The second kappa shape index (κ2) is 16.7. The molecule has 0 spiro atoms. The lowest BCUT2D eigenvalue weighted by molar-refractivity contribution is -0.152. The number of aromatic nitrogens is 1. The molecular weight excluding hydrogens is 808 g/mol. The van der Waals surface area contributed by atoms with Crippen LogP contribution in [0.25, 0.3) is 10.8 Å². The number of fused-ring (bicyclic) bond motifs is 3. The highest BCUT2D eigenvalue weighted by Gasteiger charge is 2.64. The normalized spacial score (nSPS) is 28.4. The molecule has 3 heterocycles. The zero-order valence-electron chi connectivity index (χ0n) is 35.1. The number of alkyl carbamates (subject to hydrolysis) is 1. The van der Waals surface area contributed by atoms with Crippen molar-refractivity contribution >= 4 is 44.6 Å². The van der Waals surface area contributed by atoms with E-state index in [1.165, 1.54) is 4.90 Å². The van der Waals surface area contributed by atoms with E-state index in [2.05, 4.69) is 15.6 Å². The van der Waals surface area contributed by atoms with E-state index < -0.39 is 92.3 Å². The number of allylic oxidation sites excluding steroid dienone is 1. The second-order valence-corrected chi connectivity index (χ2v) is 20.0. The van der Waals surface area contributed by atoms with Crippen LogP contribution in [-0.4, -0.2) is 101 Å². The molecule has 4 amide bonds. The van der Waals surface area contributed by atoms with Crippen molar-refractivity contribution in [2.24, 2.45) is 17.8 Å². The molecule has 2 aliphatic carbocycles. The first-order chi connectivity index (χ1) is 28.0. The minimum atomic E-state index is -4.45. The summed E-state index contributed by atoms with van der Waals surface area (Å²) >= 11 is 0. The van der Waals surface area contributed by atoms with E-state index in [0.29, 0.717) is 31.6 Å². The van der Waals surface area contributed by atoms with E-state index in [4.69, 9.17) is 14.2 Å². The minimum Gasteiger partial charge on any atom is -0.475 e. The van der Waals surface area contributed by atoms with Crippen LogP contribution < -0.4 is 24.8 Å². The van der Waals surface area contributed by atoms with E-state index >= 15 is 0 Å². The maximum absolute atomic E-state index is 14.9. The van der Waals surface area contributed by atoms with Gasteiger partial charge >= 0.3 is 6.09 Å². The molecule has 2 aromatic rings. The Morgan fingerprint density at radius 2 is 1.80 bits per heavy atom. The van der Waals surface area contributed by atoms with Gasteiger partial charge in [0.05, 0.1) is 12.6 Å². The van der Waals surface area contributed by atoms with Crippen molar-refractivity contribution in [2.45, 2.75) is 140 Å². The molecular formula is C42H56F3N5O9S. The van der Waals surface area contributed by atoms with Crippen LogP contribution in [-0.2, 0) is 29.1 Å². The number of halogens is 3. The molecule has 330 valence electrons. The standard InChI is InChI=1S/C42H56F3N5O9S/c1-24(2)57-32-19-27-13-9-11-15-30(27)35(46-32)58-29-20-31-34(51)48-42(37(53)49-60(55,56)41(23-43)16-17-41)21-28(42)14-10-8-12-25(3)18-26(4)33(36(52)50(31)22-29)47-38(54)59-39(5,6)40(7,44)45/h9-11,13-15,19,24-26,28-29,31,33H,8,12,16-18,20-23H2,1-7H3,(H,47,54)(H,48,51)(H,49,53)/t25-,26+,28+,29+,31-,33-,42+/m0/s1. The van der Waals surface area contributed by atoms with Crippen LogP contribution in [0, 0.1) is 17.8 Å². The number of benzene rings is 1.